The standard InChI is InChI=1S/C24H26Cl2FNO4/c25-17-3-1-16(2-4-17)7-12-32-23-8-10-24(11-9-23,21(29)14-23)28-22(30)15-31-18-5-6-19(26)20(27)13-18/h1-6,13,21,29H,7-12,14-15H2,(H,28,30)/t21-,23?,24?/m0/s1. The molecule has 3 aliphatic rings. The van der Waals surface area contributed by atoms with Crippen molar-refractivity contribution < 1.29 is 23.8 Å². The summed E-state index contributed by atoms with van der Waals surface area (Å²) in [6.07, 6.45) is 3.38. The van der Waals surface area contributed by atoms with E-state index < -0.39 is 17.5 Å². The van der Waals surface area contributed by atoms with Crippen LogP contribution in [0.25, 0.3) is 0 Å². The van der Waals surface area contributed by atoms with E-state index in [9.17, 15) is 14.3 Å². The number of hydrogen-bond donors (Lipinski definition) is 2. The Bertz CT molecular complexity index is 961. The molecule has 3 saturated carbocycles. The average molecular weight is 482 g/mol. The number of hydrogen-bond acceptors (Lipinski definition) is 4. The summed E-state index contributed by atoms with van der Waals surface area (Å²) >= 11 is 11.6. The zero-order valence-electron chi connectivity index (χ0n) is 17.6. The lowest BCUT2D eigenvalue weighted by Gasteiger charge is -2.55. The number of nitrogens with one attached hydrogen (secondary N) is 1. The Labute approximate surface area is 196 Å². The van der Waals surface area contributed by atoms with E-state index in [-0.39, 0.29) is 28.9 Å². The molecule has 0 unspecified atom stereocenters. The zero-order chi connectivity index (χ0) is 22.8. The third-order valence-corrected chi connectivity index (χ3v) is 7.18. The van der Waals surface area contributed by atoms with E-state index in [1.54, 1.807) is 0 Å². The van der Waals surface area contributed by atoms with Gasteiger partial charge in [0.05, 0.1) is 28.9 Å². The highest BCUT2D eigenvalue weighted by Crippen LogP contribution is 2.49. The van der Waals surface area contributed by atoms with Crippen molar-refractivity contribution in [2.24, 2.45) is 0 Å². The molecular formula is C24H26Cl2FNO4. The Kier molecular flexibility index (Phi) is 6.96. The Morgan fingerprint density at radius 2 is 1.84 bits per heavy atom. The van der Waals surface area contributed by atoms with Crippen molar-refractivity contribution in [3.63, 3.8) is 0 Å². The molecule has 0 spiro atoms. The minimum Gasteiger partial charge on any atom is -0.484 e. The van der Waals surface area contributed by atoms with Crippen molar-refractivity contribution >= 4 is 29.1 Å². The summed E-state index contributed by atoms with van der Waals surface area (Å²) in [4.78, 5) is 12.5. The quantitative estimate of drug-likeness (QED) is 0.573. The molecule has 2 bridgehead atoms. The van der Waals surface area contributed by atoms with Gasteiger partial charge in [0.2, 0.25) is 0 Å². The van der Waals surface area contributed by atoms with Gasteiger partial charge in [0.25, 0.3) is 5.91 Å². The zero-order valence-corrected chi connectivity index (χ0v) is 19.1. The number of amides is 1. The van der Waals surface area contributed by atoms with Crippen LogP contribution in [0.3, 0.4) is 0 Å². The molecule has 0 radical (unpaired) electrons. The van der Waals surface area contributed by atoms with Crippen LogP contribution < -0.4 is 10.1 Å². The van der Waals surface area contributed by atoms with E-state index >= 15 is 0 Å². The fourth-order valence-corrected chi connectivity index (χ4v) is 4.96. The number of aliphatic hydroxyl groups excluding tert-OH is 1. The summed E-state index contributed by atoms with van der Waals surface area (Å²) < 4.78 is 25.2. The monoisotopic (exact) mass is 481 g/mol. The fraction of sp³-hybridized carbons (Fsp3) is 0.458. The van der Waals surface area contributed by atoms with Gasteiger partial charge in [-0.25, -0.2) is 4.39 Å². The second-order valence-electron chi connectivity index (χ2n) is 8.70. The molecule has 0 saturated heterocycles. The first-order chi connectivity index (χ1) is 15.3. The lowest BCUT2D eigenvalue weighted by molar-refractivity contribution is -0.170. The van der Waals surface area contributed by atoms with Crippen LogP contribution in [-0.2, 0) is 16.0 Å². The van der Waals surface area contributed by atoms with Crippen LogP contribution in [0.4, 0.5) is 4.39 Å². The number of benzene rings is 2. The maximum atomic E-state index is 13.5. The summed E-state index contributed by atoms with van der Waals surface area (Å²) in [6.45, 7) is 0.303. The van der Waals surface area contributed by atoms with Crippen molar-refractivity contribution in [2.75, 3.05) is 13.2 Å². The highest BCUT2D eigenvalue weighted by atomic mass is 35.5. The highest BCUT2D eigenvalue weighted by Gasteiger charge is 2.55. The van der Waals surface area contributed by atoms with Gasteiger partial charge in [-0.1, -0.05) is 35.3 Å². The molecule has 1 amide bonds. The summed E-state index contributed by atoms with van der Waals surface area (Å²) in [6, 6.07) is 11.7. The summed E-state index contributed by atoms with van der Waals surface area (Å²) in [5.41, 5.74) is 0.128. The SMILES string of the molecule is O=C(COc1ccc(Cl)c(F)c1)NC12CCC(OCCc3ccc(Cl)cc3)(CC1)C[C@@H]2O. The number of rotatable bonds is 8. The predicted octanol–water partition coefficient (Wildman–Crippen LogP) is 4.70. The second-order valence-corrected chi connectivity index (χ2v) is 9.54. The van der Waals surface area contributed by atoms with E-state index in [2.05, 4.69) is 5.32 Å². The van der Waals surface area contributed by atoms with Gasteiger partial charge >= 0.3 is 0 Å². The minimum atomic E-state index is -0.697. The number of carbonyl (C=O) groups is 1. The second kappa shape index (κ2) is 9.56. The largest absolute Gasteiger partial charge is 0.484 e. The van der Waals surface area contributed by atoms with E-state index in [0.717, 1.165) is 30.9 Å². The normalized spacial score (nSPS) is 26.7. The predicted molar refractivity (Wildman–Crippen MR) is 121 cm³/mol. The fourth-order valence-electron chi connectivity index (χ4n) is 4.71. The van der Waals surface area contributed by atoms with E-state index in [1.807, 2.05) is 24.3 Å². The molecule has 8 heteroatoms. The number of carbonyl (C=O) groups excluding carboxylic acids is 1. The number of aliphatic hydroxyl groups is 1. The first-order valence-corrected chi connectivity index (χ1v) is 11.5. The van der Waals surface area contributed by atoms with Gasteiger partial charge in [-0.3, -0.25) is 4.79 Å². The van der Waals surface area contributed by atoms with Crippen molar-refractivity contribution in [3.05, 3.63) is 63.9 Å². The van der Waals surface area contributed by atoms with Crippen molar-refractivity contribution in [2.45, 2.75) is 55.8 Å². The Morgan fingerprint density at radius 1 is 1.12 bits per heavy atom. The van der Waals surface area contributed by atoms with Crippen LogP contribution in [0.1, 0.15) is 37.7 Å². The van der Waals surface area contributed by atoms with Crippen LogP contribution in [0.2, 0.25) is 10.0 Å². The molecule has 5 rings (SSSR count). The van der Waals surface area contributed by atoms with Crippen LogP contribution in [0.15, 0.2) is 42.5 Å². The first kappa shape index (κ1) is 23.3. The lowest BCUT2D eigenvalue weighted by Crippen LogP contribution is -2.67. The minimum absolute atomic E-state index is 0.00732. The molecule has 3 fully saturated rings. The molecule has 0 aromatic heterocycles. The maximum absolute atomic E-state index is 13.5. The Morgan fingerprint density at radius 3 is 2.50 bits per heavy atom. The third-order valence-electron chi connectivity index (χ3n) is 6.62. The lowest BCUT2D eigenvalue weighted by atomic mass is 9.61. The molecule has 2 aromatic rings. The molecule has 2 aromatic carbocycles. The molecular weight excluding hydrogens is 456 g/mol. The molecule has 2 N–H and O–H groups in total. The van der Waals surface area contributed by atoms with Gasteiger partial charge in [0, 0.05) is 17.5 Å². The summed E-state index contributed by atoms with van der Waals surface area (Å²) in [5.74, 6) is -0.733. The van der Waals surface area contributed by atoms with Crippen LogP contribution in [0.5, 0.6) is 5.75 Å². The molecule has 0 heterocycles. The van der Waals surface area contributed by atoms with E-state index in [0.29, 0.717) is 30.9 Å². The average Bonchev–Trinajstić information content (AvgIpc) is 2.77. The number of fused-ring (bicyclic) bond motifs is 3. The van der Waals surface area contributed by atoms with Crippen molar-refractivity contribution in [1.82, 2.24) is 5.32 Å². The molecule has 1 atom stereocenters. The van der Waals surface area contributed by atoms with Crippen LogP contribution in [0, 0.1) is 5.82 Å². The Balaban J connectivity index is 1.27. The Hall–Kier alpha value is -1.86. The summed E-state index contributed by atoms with van der Waals surface area (Å²) in [5, 5.41) is 14.5. The van der Waals surface area contributed by atoms with E-state index in [4.69, 9.17) is 32.7 Å². The molecule has 32 heavy (non-hydrogen) atoms. The van der Waals surface area contributed by atoms with E-state index in [1.165, 1.54) is 12.1 Å². The van der Waals surface area contributed by atoms with Crippen LogP contribution >= 0.6 is 23.2 Å². The smallest absolute Gasteiger partial charge is 0.258 e. The van der Waals surface area contributed by atoms with Crippen LogP contribution in [-0.4, -0.2) is 41.5 Å². The molecule has 5 nitrogen and oxygen atoms in total. The number of ether oxygens (including phenoxy) is 2. The maximum Gasteiger partial charge on any atom is 0.258 e. The molecule has 3 aliphatic carbocycles. The highest BCUT2D eigenvalue weighted by molar-refractivity contribution is 6.30. The van der Waals surface area contributed by atoms with Gasteiger partial charge in [-0.2, -0.15) is 0 Å². The van der Waals surface area contributed by atoms with Crippen molar-refractivity contribution in [3.8, 4) is 5.75 Å². The third kappa shape index (κ3) is 5.20. The van der Waals surface area contributed by atoms with Gasteiger partial charge in [-0.15, -0.1) is 0 Å². The van der Waals surface area contributed by atoms with Gasteiger partial charge < -0.3 is 19.9 Å². The topological polar surface area (TPSA) is 67.8 Å². The van der Waals surface area contributed by atoms with Crippen molar-refractivity contribution in [1.29, 1.82) is 0 Å². The first-order valence-electron chi connectivity index (χ1n) is 10.7. The summed E-state index contributed by atoms with van der Waals surface area (Å²) in [7, 11) is 0. The van der Waals surface area contributed by atoms with Gasteiger partial charge in [0.15, 0.2) is 6.61 Å². The molecule has 172 valence electrons. The molecule has 0 aliphatic heterocycles. The number of halogens is 3. The van der Waals surface area contributed by atoms with Gasteiger partial charge in [-0.05, 0) is 61.9 Å². The van der Waals surface area contributed by atoms with Gasteiger partial charge in [0.1, 0.15) is 11.6 Å².